The SMILES string of the molecule is CC1(C(=O)O)CCCN(C(=O)Nc2cc(Cl)ccc2Br)C1. The van der Waals surface area contributed by atoms with Gasteiger partial charge in [-0.2, -0.15) is 0 Å². The standard InChI is InChI=1S/C14H16BrClN2O3/c1-14(12(19)20)5-2-6-18(8-14)13(21)17-11-7-9(16)3-4-10(11)15/h3-4,7H,2,5-6,8H2,1H3,(H,17,21)(H,19,20). The van der Waals surface area contributed by atoms with Crippen molar-refractivity contribution < 1.29 is 14.7 Å². The molecule has 2 N–H and O–H groups in total. The van der Waals surface area contributed by atoms with Gasteiger partial charge in [0.25, 0.3) is 0 Å². The van der Waals surface area contributed by atoms with Crippen molar-refractivity contribution in [2.75, 3.05) is 18.4 Å². The van der Waals surface area contributed by atoms with Gasteiger partial charge in [0.1, 0.15) is 0 Å². The van der Waals surface area contributed by atoms with Crippen LogP contribution in [0.3, 0.4) is 0 Å². The Morgan fingerprint density at radius 2 is 2.19 bits per heavy atom. The van der Waals surface area contributed by atoms with Crippen LogP contribution in [0.25, 0.3) is 0 Å². The van der Waals surface area contributed by atoms with Crippen molar-refractivity contribution in [1.82, 2.24) is 4.90 Å². The van der Waals surface area contributed by atoms with E-state index in [2.05, 4.69) is 21.2 Å². The summed E-state index contributed by atoms with van der Waals surface area (Å²) in [5.74, 6) is -0.871. The molecule has 1 unspecified atom stereocenters. The zero-order valence-electron chi connectivity index (χ0n) is 11.5. The number of likely N-dealkylation sites (tertiary alicyclic amines) is 1. The molecule has 0 saturated carbocycles. The number of hydrogen-bond donors (Lipinski definition) is 2. The number of carboxylic acids is 1. The molecular formula is C14H16BrClN2O3. The van der Waals surface area contributed by atoms with E-state index in [1.165, 1.54) is 4.90 Å². The van der Waals surface area contributed by atoms with Gasteiger partial charge in [-0.1, -0.05) is 11.6 Å². The molecular weight excluding hydrogens is 360 g/mol. The minimum atomic E-state index is -0.888. The predicted octanol–water partition coefficient (Wildman–Crippen LogP) is 3.82. The molecule has 1 aromatic rings. The Morgan fingerprint density at radius 3 is 2.86 bits per heavy atom. The summed E-state index contributed by atoms with van der Waals surface area (Å²) in [6.45, 7) is 2.42. The van der Waals surface area contributed by atoms with Gasteiger partial charge in [-0.3, -0.25) is 4.79 Å². The molecule has 2 amide bonds. The van der Waals surface area contributed by atoms with Gasteiger partial charge in [0, 0.05) is 22.6 Å². The van der Waals surface area contributed by atoms with Gasteiger partial charge in [-0.05, 0) is 53.9 Å². The Balaban J connectivity index is 2.10. The molecule has 5 nitrogen and oxygen atoms in total. The van der Waals surface area contributed by atoms with Crippen molar-refractivity contribution in [3.05, 3.63) is 27.7 Å². The number of halogens is 2. The van der Waals surface area contributed by atoms with E-state index in [0.29, 0.717) is 30.1 Å². The molecule has 0 aliphatic carbocycles. The lowest BCUT2D eigenvalue weighted by atomic mass is 9.82. The first kappa shape index (κ1) is 16.1. The Labute approximate surface area is 136 Å². The average molecular weight is 376 g/mol. The number of carbonyl (C=O) groups is 2. The molecule has 0 radical (unpaired) electrons. The van der Waals surface area contributed by atoms with Crippen molar-refractivity contribution in [1.29, 1.82) is 0 Å². The van der Waals surface area contributed by atoms with Crippen LogP contribution < -0.4 is 5.32 Å². The van der Waals surface area contributed by atoms with Gasteiger partial charge >= 0.3 is 12.0 Å². The number of anilines is 1. The molecule has 1 saturated heterocycles. The smallest absolute Gasteiger partial charge is 0.321 e. The molecule has 7 heteroatoms. The van der Waals surface area contributed by atoms with Crippen molar-refractivity contribution in [3.63, 3.8) is 0 Å². The Kier molecular flexibility index (Phi) is 4.78. The summed E-state index contributed by atoms with van der Waals surface area (Å²) in [4.78, 5) is 25.2. The summed E-state index contributed by atoms with van der Waals surface area (Å²) in [5.41, 5.74) is -0.323. The highest BCUT2D eigenvalue weighted by Crippen LogP contribution is 2.31. The Morgan fingerprint density at radius 1 is 1.48 bits per heavy atom. The zero-order valence-corrected chi connectivity index (χ0v) is 13.9. The van der Waals surface area contributed by atoms with Crippen LogP contribution in [-0.4, -0.2) is 35.1 Å². The van der Waals surface area contributed by atoms with Crippen LogP contribution in [0, 0.1) is 5.41 Å². The number of hydrogen-bond acceptors (Lipinski definition) is 2. The average Bonchev–Trinajstić information content (AvgIpc) is 2.42. The molecule has 1 aromatic carbocycles. The molecule has 1 fully saturated rings. The molecule has 0 bridgehead atoms. The van der Waals surface area contributed by atoms with Gasteiger partial charge in [-0.25, -0.2) is 4.79 Å². The molecule has 1 heterocycles. The summed E-state index contributed by atoms with van der Waals surface area (Å²) in [5, 5.41) is 12.6. The Hall–Kier alpha value is -1.27. The maximum absolute atomic E-state index is 12.3. The van der Waals surface area contributed by atoms with Gasteiger partial charge in [0.15, 0.2) is 0 Å². The summed E-state index contributed by atoms with van der Waals surface area (Å²) < 4.78 is 0.721. The predicted molar refractivity (Wildman–Crippen MR) is 84.7 cm³/mol. The molecule has 0 spiro atoms. The second kappa shape index (κ2) is 6.23. The third-order valence-electron chi connectivity index (χ3n) is 3.67. The summed E-state index contributed by atoms with van der Waals surface area (Å²) in [7, 11) is 0. The lowest BCUT2D eigenvalue weighted by Gasteiger charge is -2.37. The van der Waals surface area contributed by atoms with Crippen LogP contribution in [0.15, 0.2) is 22.7 Å². The second-order valence-electron chi connectivity index (χ2n) is 5.45. The number of aliphatic carboxylic acids is 1. The molecule has 0 aromatic heterocycles. The van der Waals surface area contributed by atoms with Crippen molar-refractivity contribution in [2.24, 2.45) is 5.41 Å². The molecule has 1 atom stereocenters. The minimum Gasteiger partial charge on any atom is -0.481 e. The first-order valence-corrected chi connectivity index (χ1v) is 7.73. The fraction of sp³-hybridized carbons (Fsp3) is 0.429. The number of nitrogens with zero attached hydrogens (tertiary/aromatic N) is 1. The Bertz CT molecular complexity index is 581. The highest BCUT2D eigenvalue weighted by atomic mass is 79.9. The van der Waals surface area contributed by atoms with Gasteiger partial charge < -0.3 is 15.3 Å². The van der Waals surface area contributed by atoms with Crippen molar-refractivity contribution in [3.8, 4) is 0 Å². The summed E-state index contributed by atoms with van der Waals surface area (Å²) in [6, 6.07) is 4.79. The van der Waals surface area contributed by atoms with Gasteiger partial charge in [-0.15, -0.1) is 0 Å². The number of rotatable bonds is 2. The fourth-order valence-corrected chi connectivity index (χ4v) is 2.89. The van der Waals surface area contributed by atoms with Gasteiger partial charge in [0.05, 0.1) is 11.1 Å². The van der Waals surface area contributed by atoms with E-state index >= 15 is 0 Å². The van der Waals surface area contributed by atoms with E-state index in [-0.39, 0.29) is 12.6 Å². The largest absolute Gasteiger partial charge is 0.481 e. The quantitative estimate of drug-likeness (QED) is 0.825. The summed E-state index contributed by atoms with van der Waals surface area (Å²) in [6.07, 6.45) is 1.25. The lowest BCUT2D eigenvalue weighted by molar-refractivity contribution is -0.150. The number of carboxylic acid groups (broad SMARTS) is 1. The second-order valence-corrected chi connectivity index (χ2v) is 6.74. The molecule has 1 aliphatic rings. The van der Waals surface area contributed by atoms with Crippen LogP contribution in [0.2, 0.25) is 5.02 Å². The molecule has 2 rings (SSSR count). The topological polar surface area (TPSA) is 69.6 Å². The third kappa shape index (κ3) is 3.68. The highest BCUT2D eigenvalue weighted by Gasteiger charge is 2.39. The summed E-state index contributed by atoms with van der Waals surface area (Å²) >= 11 is 9.25. The maximum Gasteiger partial charge on any atom is 0.321 e. The molecule has 1 aliphatic heterocycles. The van der Waals surface area contributed by atoms with Crippen LogP contribution in [0.5, 0.6) is 0 Å². The number of amides is 2. The third-order valence-corrected chi connectivity index (χ3v) is 4.60. The lowest BCUT2D eigenvalue weighted by Crippen LogP contribution is -2.49. The normalized spacial score (nSPS) is 22.0. The maximum atomic E-state index is 12.3. The number of carbonyl (C=O) groups excluding carboxylic acids is 1. The minimum absolute atomic E-state index is 0.201. The van der Waals surface area contributed by atoms with Crippen LogP contribution >= 0.6 is 27.5 Å². The highest BCUT2D eigenvalue weighted by molar-refractivity contribution is 9.10. The fourth-order valence-electron chi connectivity index (χ4n) is 2.37. The monoisotopic (exact) mass is 374 g/mol. The molecule has 114 valence electrons. The number of benzene rings is 1. The number of piperidine rings is 1. The van der Waals surface area contributed by atoms with Crippen LogP contribution in [-0.2, 0) is 4.79 Å². The van der Waals surface area contributed by atoms with Crippen molar-refractivity contribution >= 4 is 45.2 Å². The van der Waals surface area contributed by atoms with Crippen LogP contribution in [0.4, 0.5) is 10.5 Å². The van der Waals surface area contributed by atoms with Crippen LogP contribution in [0.1, 0.15) is 19.8 Å². The van der Waals surface area contributed by atoms with Gasteiger partial charge in [0.2, 0.25) is 0 Å². The number of nitrogens with one attached hydrogen (secondary N) is 1. The van der Waals surface area contributed by atoms with E-state index in [0.717, 1.165) is 4.47 Å². The van der Waals surface area contributed by atoms with E-state index in [9.17, 15) is 14.7 Å². The first-order valence-electron chi connectivity index (χ1n) is 6.56. The molecule has 21 heavy (non-hydrogen) atoms. The van der Waals surface area contributed by atoms with Crippen molar-refractivity contribution in [2.45, 2.75) is 19.8 Å². The first-order chi connectivity index (χ1) is 9.82. The van der Waals surface area contributed by atoms with E-state index < -0.39 is 11.4 Å². The van der Waals surface area contributed by atoms with E-state index in [1.807, 2.05) is 0 Å². The van der Waals surface area contributed by atoms with E-state index in [1.54, 1.807) is 25.1 Å². The number of urea groups is 1. The van der Waals surface area contributed by atoms with E-state index in [4.69, 9.17) is 11.6 Å². The zero-order chi connectivity index (χ0) is 15.6.